The maximum Gasteiger partial charge on any atom is 0.332 e. The second kappa shape index (κ2) is 18.0. The molecule has 1 saturated heterocycles. The van der Waals surface area contributed by atoms with Crippen molar-refractivity contribution in [1.29, 1.82) is 0 Å². The number of nitrogens with zero attached hydrogens (tertiary/aromatic N) is 2. The summed E-state index contributed by atoms with van der Waals surface area (Å²) < 4.78 is 28.8. The van der Waals surface area contributed by atoms with Gasteiger partial charge in [-0.3, -0.25) is 0 Å². The van der Waals surface area contributed by atoms with Crippen LogP contribution in [0.2, 0.25) is 25.1 Å². The molecule has 1 aliphatic heterocycles. The number of hydrogen-bond acceptors (Lipinski definition) is 10. The summed E-state index contributed by atoms with van der Waals surface area (Å²) in [6.07, 6.45) is 0. The first-order chi connectivity index (χ1) is 26.2. The van der Waals surface area contributed by atoms with Crippen LogP contribution in [0.4, 0.5) is 5.69 Å². The third kappa shape index (κ3) is 9.14. The lowest BCUT2D eigenvalue weighted by Gasteiger charge is -2.42. The Morgan fingerprint density at radius 2 is 0.926 bits per heavy atom. The molecule has 0 amide bonds. The monoisotopic (exact) mass is 878 g/mol. The van der Waals surface area contributed by atoms with Gasteiger partial charge >= 0.3 is 8.45 Å². The largest absolute Gasteiger partial charge is 0.452 e. The van der Waals surface area contributed by atoms with Gasteiger partial charge in [-0.15, -0.1) is 0 Å². The molecule has 0 aromatic heterocycles. The molecular formula is C36H26Cl5N4O6P3. The third-order valence-corrected chi connectivity index (χ3v) is 13.8. The Bertz CT molecular complexity index is 2270. The highest BCUT2D eigenvalue weighted by Gasteiger charge is 2.47. The first kappa shape index (κ1) is 38.8. The minimum absolute atomic E-state index is 0.0934. The van der Waals surface area contributed by atoms with Gasteiger partial charge in [0.2, 0.25) is 0 Å². The van der Waals surface area contributed by atoms with Gasteiger partial charge in [0.25, 0.3) is 8.45 Å². The molecule has 7 rings (SSSR count). The molecule has 18 heteroatoms. The van der Waals surface area contributed by atoms with Crippen molar-refractivity contribution in [2.45, 2.75) is 0 Å². The van der Waals surface area contributed by atoms with E-state index in [2.05, 4.69) is 4.86 Å². The van der Waals surface area contributed by atoms with E-state index in [-0.39, 0.29) is 31.8 Å². The van der Waals surface area contributed by atoms with Crippen LogP contribution in [-0.2, 0) is 0 Å². The van der Waals surface area contributed by atoms with Crippen molar-refractivity contribution >= 4 is 89.5 Å². The highest BCUT2D eigenvalue weighted by molar-refractivity contribution is 7.74. The van der Waals surface area contributed by atoms with Gasteiger partial charge in [-0.2, -0.15) is 0 Å². The molecule has 6 aromatic rings. The Morgan fingerprint density at radius 1 is 0.481 bits per heavy atom. The number of anilines is 1. The van der Waals surface area contributed by atoms with E-state index in [1.54, 1.807) is 138 Å². The number of hydrogen-bond donors (Lipinski definition) is 2. The van der Waals surface area contributed by atoms with Gasteiger partial charge in [0, 0.05) is 4.60 Å². The van der Waals surface area contributed by atoms with Gasteiger partial charge in [-0.05, 0) is 77.4 Å². The number of para-hydroxylation sites is 5. The first-order valence-corrected chi connectivity index (χ1v) is 20.9. The van der Waals surface area contributed by atoms with Crippen molar-refractivity contribution in [1.82, 2.24) is 14.1 Å². The number of nitrogens with two attached hydrogens (primary N) is 1. The average molecular weight is 881 g/mol. The van der Waals surface area contributed by atoms with E-state index in [0.29, 0.717) is 53.9 Å². The van der Waals surface area contributed by atoms with Crippen LogP contribution in [0.5, 0.6) is 46.0 Å². The second-order valence-corrected chi connectivity index (χ2v) is 17.6. The van der Waals surface area contributed by atoms with Crippen LogP contribution in [-0.4, -0.2) is 9.21 Å². The lowest BCUT2D eigenvalue weighted by Crippen LogP contribution is -2.37. The summed E-state index contributed by atoms with van der Waals surface area (Å²) in [7, 11) is -4.27. The molecule has 276 valence electrons. The van der Waals surface area contributed by atoms with E-state index in [4.69, 9.17) is 91.9 Å². The van der Waals surface area contributed by atoms with E-state index in [0.717, 1.165) is 0 Å². The van der Waals surface area contributed by atoms with Crippen molar-refractivity contribution in [3.05, 3.63) is 159 Å². The SMILES string of the molecule is Nc1c(OP2NPN(Oc3ccccc3Cl)P(Oc3ccccc3Cl)N2Oc2ccccc2Cl)ccc(Oc2ccccc2Cl)c1Oc1ccccc1Cl. The summed E-state index contributed by atoms with van der Waals surface area (Å²) in [4.78, 5) is 16.2. The molecule has 3 atom stereocenters. The van der Waals surface area contributed by atoms with Crippen LogP contribution in [0, 0.1) is 0 Å². The van der Waals surface area contributed by atoms with Crippen LogP contribution in [0.15, 0.2) is 133 Å². The Morgan fingerprint density at radius 3 is 1.46 bits per heavy atom. The van der Waals surface area contributed by atoms with Crippen LogP contribution < -0.4 is 38.8 Å². The number of nitrogens with one attached hydrogen (secondary N) is 1. The molecule has 1 fully saturated rings. The Kier molecular flexibility index (Phi) is 12.9. The van der Waals surface area contributed by atoms with Gasteiger partial charge in [-0.1, -0.05) is 119 Å². The zero-order valence-electron chi connectivity index (χ0n) is 27.4. The summed E-state index contributed by atoms with van der Waals surface area (Å²) >= 11 is 32.7. The van der Waals surface area contributed by atoms with E-state index >= 15 is 0 Å². The third-order valence-electron chi connectivity index (χ3n) is 7.16. The minimum atomic E-state index is -2.06. The number of rotatable bonds is 12. The molecule has 1 heterocycles. The van der Waals surface area contributed by atoms with Crippen molar-refractivity contribution in [2.24, 2.45) is 0 Å². The van der Waals surface area contributed by atoms with Gasteiger partial charge in [0.05, 0.1) is 34.0 Å². The molecule has 0 bridgehead atoms. The zero-order valence-corrected chi connectivity index (χ0v) is 34.0. The number of benzene rings is 6. The van der Waals surface area contributed by atoms with E-state index in [1.807, 2.05) is 0 Å². The lowest BCUT2D eigenvalue weighted by molar-refractivity contribution is 0.0678. The fourth-order valence-corrected chi connectivity index (χ4v) is 11.1. The Hall–Kier alpha value is -3.46. The maximum atomic E-state index is 6.84. The number of ether oxygens (including phenoxy) is 2. The molecule has 0 saturated carbocycles. The summed E-state index contributed by atoms with van der Waals surface area (Å²) in [5, 5.41) is 1.83. The Labute approximate surface area is 340 Å². The number of nitrogen functional groups attached to an aromatic ring is 1. The smallest absolute Gasteiger partial charge is 0.332 e. The summed E-state index contributed by atoms with van der Waals surface area (Å²) in [5.41, 5.74) is 6.94. The quantitative estimate of drug-likeness (QED) is 0.0913. The van der Waals surface area contributed by atoms with Gasteiger partial charge in [-0.25, -0.2) is 4.86 Å². The van der Waals surface area contributed by atoms with E-state index < -0.39 is 16.9 Å². The van der Waals surface area contributed by atoms with Crippen molar-refractivity contribution in [2.75, 3.05) is 5.73 Å². The van der Waals surface area contributed by atoms with Gasteiger partial charge in [0.1, 0.15) is 22.9 Å². The van der Waals surface area contributed by atoms with E-state index in [9.17, 15) is 0 Å². The van der Waals surface area contributed by atoms with Crippen LogP contribution >= 0.6 is 83.8 Å². The summed E-state index contributed by atoms with van der Waals surface area (Å²) in [6, 6.07) is 38.3. The molecule has 0 spiro atoms. The normalized spacial score (nSPS) is 16.5. The second-order valence-electron chi connectivity index (χ2n) is 10.8. The molecule has 3 N–H and O–H groups in total. The topological polar surface area (TPSA) is 99.9 Å². The van der Waals surface area contributed by atoms with Gasteiger partial charge < -0.3 is 33.9 Å². The molecule has 0 radical (unpaired) electrons. The highest BCUT2D eigenvalue weighted by atomic mass is 35.5. The molecule has 10 nitrogen and oxygen atoms in total. The number of halogens is 5. The lowest BCUT2D eigenvalue weighted by atomic mass is 10.2. The molecule has 3 unspecified atom stereocenters. The minimum Gasteiger partial charge on any atom is -0.452 e. The predicted octanol–water partition coefficient (Wildman–Crippen LogP) is 13.7. The molecule has 0 aliphatic carbocycles. The van der Waals surface area contributed by atoms with Gasteiger partial charge in [0.15, 0.2) is 28.7 Å². The zero-order chi connectivity index (χ0) is 37.6. The average Bonchev–Trinajstić information content (AvgIpc) is 3.17. The molecule has 1 aliphatic rings. The highest BCUT2D eigenvalue weighted by Crippen LogP contribution is 2.67. The van der Waals surface area contributed by atoms with E-state index in [1.165, 1.54) is 4.60 Å². The van der Waals surface area contributed by atoms with Crippen LogP contribution in [0.1, 0.15) is 0 Å². The Balaban J connectivity index is 1.29. The van der Waals surface area contributed by atoms with Crippen molar-refractivity contribution < 1.29 is 28.2 Å². The first-order valence-electron chi connectivity index (χ1n) is 15.7. The van der Waals surface area contributed by atoms with Crippen LogP contribution in [0.25, 0.3) is 0 Å². The predicted molar refractivity (Wildman–Crippen MR) is 220 cm³/mol. The molecule has 6 aromatic carbocycles. The standard InChI is InChI=1S/C36H26Cl5N4O6P3/c37-23-11-1-6-16-28(23)46-34-22-21-33(35(42)36(34)47-29-17-7-2-12-24(29)38)50-53-43-52-44(48-30-18-8-3-13-25(30)39)54(51-32-20-10-5-15-27(32)41)45(53)49-31-19-9-4-14-26(31)40/h1-22,43,52H,42H2. The van der Waals surface area contributed by atoms with Crippen LogP contribution in [0.3, 0.4) is 0 Å². The maximum absolute atomic E-state index is 6.84. The summed E-state index contributed by atoms with van der Waals surface area (Å²) in [5.74, 6) is 2.39. The fraction of sp³-hybridized carbons (Fsp3) is 0. The molecular weight excluding hydrogens is 855 g/mol. The molecule has 54 heavy (non-hydrogen) atoms. The summed E-state index contributed by atoms with van der Waals surface area (Å²) in [6.45, 7) is 0. The van der Waals surface area contributed by atoms with Crippen molar-refractivity contribution in [3.63, 3.8) is 0 Å². The fourth-order valence-electron chi connectivity index (χ4n) is 4.60. The van der Waals surface area contributed by atoms with Crippen molar-refractivity contribution in [3.8, 4) is 46.0 Å².